The van der Waals surface area contributed by atoms with Gasteiger partial charge in [-0.15, -0.1) is 5.10 Å². The van der Waals surface area contributed by atoms with Gasteiger partial charge in [-0.1, -0.05) is 35.5 Å². The number of urea groups is 1. The van der Waals surface area contributed by atoms with Crippen molar-refractivity contribution in [2.75, 3.05) is 32.6 Å². The van der Waals surface area contributed by atoms with Gasteiger partial charge in [0.15, 0.2) is 0 Å². The van der Waals surface area contributed by atoms with Crippen molar-refractivity contribution in [2.24, 2.45) is 0 Å². The van der Waals surface area contributed by atoms with E-state index in [1.54, 1.807) is 37.3 Å². The minimum atomic E-state index is -0.161. The Balaban J connectivity index is 1.41. The molecule has 1 fully saturated rings. The molecule has 1 aliphatic heterocycles. The topological polar surface area (TPSA) is 81.5 Å². The molecule has 3 aromatic rings. The maximum absolute atomic E-state index is 12.7. The quantitative estimate of drug-likeness (QED) is 0.718. The number of nitrogens with zero attached hydrogens (tertiary/aromatic N) is 4. The minimum Gasteiger partial charge on any atom is -0.497 e. The van der Waals surface area contributed by atoms with Gasteiger partial charge in [-0.05, 0) is 6.42 Å². The lowest BCUT2D eigenvalue weighted by Gasteiger charge is -2.18. The second kappa shape index (κ2) is 8.22. The zero-order valence-electron chi connectivity index (χ0n) is 16.4. The number of ether oxygens (including phenoxy) is 2. The normalized spacial score (nSPS) is 15.9. The number of hydrogen-bond acceptors (Lipinski definition) is 5. The summed E-state index contributed by atoms with van der Waals surface area (Å²) in [7, 11) is 3.15. The summed E-state index contributed by atoms with van der Waals surface area (Å²) < 4.78 is 12.4. The van der Waals surface area contributed by atoms with E-state index in [1.807, 2.05) is 41.2 Å². The summed E-state index contributed by atoms with van der Waals surface area (Å²) in [5.41, 5.74) is 2.48. The summed E-state index contributed by atoms with van der Waals surface area (Å²) in [6.45, 7) is 1.22. The second-order valence-corrected chi connectivity index (χ2v) is 6.87. The Hall–Kier alpha value is -3.55. The van der Waals surface area contributed by atoms with Gasteiger partial charge >= 0.3 is 6.03 Å². The lowest BCUT2D eigenvalue weighted by Crippen LogP contribution is -2.33. The first-order valence-electron chi connectivity index (χ1n) is 9.42. The molecule has 4 rings (SSSR count). The summed E-state index contributed by atoms with van der Waals surface area (Å²) in [4.78, 5) is 14.5. The average Bonchev–Trinajstić information content (AvgIpc) is 3.44. The van der Waals surface area contributed by atoms with E-state index < -0.39 is 0 Å². The number of aromatic nitrogens is 3. The molecule has 0 saturated carbocycles. The molecule has 0 bridgehead atoms. The SMILES string of the molecule is COc1cc(NC(=O)N2CCC(n3cc(-c4ccccc4)nn3)C2)cc(OC)c1. The number of rotatable bonds is 5. The highest BCUT2D eigenvalue weighted by atomic mass is 16.5. The Labute approximate surface area is 169 Å². The van der Waals surface area contributed by atoms with Crippen LogP contribution in [0.3, 0.4) is 0 Å². The first-order chi connectivity index (χ1) is 14.2. The van der Waals surface area contributed by atoms with Crippen molar-refractivity contribution in [2.45, 2.75) is 12.5 Å². The number of methoxy groups -OCH3 is 2. The predicted octanol–water partition coefficient (Wildman–Crippen LogP) is 3.44. The highest BCUT2D eigenvalue weighted by Gasteiger charge is 2.28. The molecule has 8 nitrogen and oxygen atoms in total. The Bertz CT molecular complexity index is 967. The lowest BCUT2D eigenvalue weighted by molar-refractivity contribution is 0.220. The molecule has 0 spiro atoms. The highest BCUT2D eigenvalue weighted by molar-refractivity contribution is 5.90. The molecule has 1 aromatic heterocycles. The molecular weight excluding hydrogens is 370 g/mol. The molecule has 1 unspecified atom stereocenters. The summed E-state index contributed by atoms with van der Waals surface area (Å²) in [5.74, 6) is 1.24. The molecule has 1 N–H and O–H groups in total. The fourth-order valence-corrected chi connectivity index (χ4v) is 3.42. The van der Waals surface area contributed by atoms with Gasteiger partial charge in [-0.25, -0.2) is 9.48 Å². The minimum absolute atomic E-state index is 0.102. The number of carbonyl (C=O) groups is 1. The van der Waals surface area contributed by atoms with Crippen LogP contribution >= 0.6 is 0 Å². The summed E-state index contributed by atoms with van der Waals surface area (Å²) in [6, 6.07) is 15.2. The third-order valence-corrected chi connectivity index (χ3v) is 5.01. The molecule has 29 heavy (non-hydrogen) atoms. The molecule has 1 saturated heterocycles. The first-order valence-corrected chi connectivity index (χ1v) is 9.42. The van der Waals surface area contributed by atoms with E-state index in [0.717, 1.165) is 17.7 Å². The Kier molecular flexibility index (Phi) is 5.33. The first kappa shape index (κ1) is 18.8. The zero-order chi connectivity index (χ0) is 20.2. The summed E-state index contributed by atoms with van der Waals surface area (Å²) >= 11 is 0. The van der Waals surface area contributed by atoms with E-state index in [9.17, 15) is 4.79 Å². The number of anilines is 1. The van der Waals surface area contributed by atoms with Gasteiger partial charge in [0.1, 0.15) is 17.2 Å². The number of hydrogen-bond donors (Lipinski definition) is 1. The monoisotopic (exact) mass is 393 g/mol. The van der Waals surface area contributed by atoms with E-state index in [0.29, 0.717) is 30.3 Å². The van der Waals surface area contributed by atoms with Gasteiger partial charge in [0.05, 0.1) is 26.5 Å². The van der Waals surface area contributed by atoms with Crippen LogP contribution in [0.4, 0.5) is 10.5 Å². The molecule has 1 atom stereocenters. The molecule has 2 aromatic carbocycles. The van der Waals surface area contributed by atoms with Crippen molar-refractivity contribution in [3.05, 3.63) is 54.7 Å². The highest BCUT2D eigenvalue weighted by Crippen LogP contribution is 2.27. The molecule has 2 heterocycles. The van der Waals surface area contributed by atoms with E-state index in [-0.39, 0.29) is 12.1 Å². The Morgan fingerprint density at radius 2 is 1.83 bits per heavy atom. The van der Waals surface area contributed by atoms with Gasteiger partial charge in [0.2, 0.25) is 0 Å². The van der Waals surface area contributed by atoms with Gasteiger partial charge in [-0.3, -0.25) is 0 Å². The third kappa shape index (κ3) is 4.16. The van der Waals surface area contributed by atoms with Gasteiger partial charge in [0.25, 0.3) is 0 Å². The lowest BCUT2D eigenvalue weighted by atomic mass is 10.2. The van der Waals surface area contributed by atoms with Crippen LogP contribution in [-0.2, 0) is 0 Å². The van der Waals surface area contributed by atoms with Gasteiger partial charge in [-0.2, -0.15) is 0 Å². The van der Waals surface area contributed by atoms with Crippen LogP contribution in [0.15, 0.2) is 54.7 Å². The number of nitrogens with one attached hydrogen (secondary N) is 1. The molecule has 0 radical (unpaired) electrons. The number of amides is 2. The van der Waals surface area contributed by atoms with Crippen LogP contribution in [0.1, 0.15) is 12.5 Å². The van der Waals surface area contributed by atoms with Crippen molar-refractivity contribution in [3.8, 4) is 22.8 Å². The molecule has 0 aliphatic carbocycles. The van der Waals surface area contributed by atoms with Crippen molar-refractivity contribution in [1.29, 1.82) is 0 Å². The molecule has 150 valence electrons. The van der Waals surface area contributed by atoms with E-state index >= 15 is 0 Å². The average molecular weight is 393 g/mol. The summed E-state index contributed by atoms with van der Waals surface area (Å²) in [6.07, 6.45) is 2.76. The van der Waals surface area contributed by atoms with Crippen LogP contribution in [-0.4, -0.2) is 53.2 Å². The van der Waals surface area contributed by atoms with Crippen LogP contribution in [0.5, 0.6) is 11.5 Å². The summed E-state index contributed by atoms with van der Waals surface area (Å²) in [5, 5.41) is 11.5. The molecule has 1 aliphatic rings. The van der Waals surface area contributed by atoms with E-state index in [2.05, 4.69) is 15.6 Å². The Morgan fingerprint density at radius 3 is 2.52 bits per heavy atom. The van der Waals surface area contributed by atoms with Crippen molar-refractivity contribution < 1.29 is 14.3 Å². The number of carbonyl (C=O) groups excluding carboxylic acids is 1. The standard InChI is InChI=1S/C21H23N5O3/c1-28-18-10-16(11-19(12-18)29-2)22-21(27)25-9-8-17(13-25)26-14-20(23-24-26)15-6-4-3-5-7-15/h3-7,10-12,14,17H,8-9,13H2,1-2H3,(H,22,27). The van der Waals surface area contributed by atoms with E-state index in [1.165, 1.54) is 0 Å². The van der Waals surface area contributed by atoms with Gasteiger partial charge in [0, 0.05) is 42.5 Å². The molecule has 8 heteroatoms. The Morgan fingerprint density at radius 1 is 1.10 bits per heavy atom. The maximum atomic E-state index is 12.7. The smallest absolute Gasteiger partial charge is 0.321 e. The van der Waals surface area contributed by atoms with Crippen molar-refractivity contribution in [3.63, 3.8) is 0 Å². The molecule has 2 amide bonds. The number of benzene rings is 2. The van der Waals surface area contributed by atoms with Crippen LogP contribution in [0.25, 0.3) is 11.3 Å². The van der Waals surface area contributed by atoms with Crippen LogP contribution in [0.2, 0.25) is 0 Å². The number of likely N-dealkylation sites (tertiary alicyclic amines) is 1. The molecular formula is C21H23N5O3. The fraction of sp³-hybridized carbons (Fsp3) is 0.286. The third-order valence-electron chi connectivity index (χ3n) is 5.01. The largest absolute Gasteiger partial charge is 0.497 e. The van der Waals surface area contributed by atoms with Crippen LogP contribution < -0.4 is 14.8 Å². The second-order valence-electron chi connectivity index (χ2n) is 6.87. The van der Waals surface area contributed by atoms with Gasteiger partial charge < -0.3 is 19.7 Å². The zero-order valence-corrected chi connectivity index (χ0v) is 16.4. The fourth-order valence-electron chi connectivity index (χ4n) is 3.42. The van der Waals surface area contributed by atoms with Crippen LogP contribution in [0, 0.1) is 0 Å². The van der Waals surface area contributed by atoms with E-state index in [4.69, 9.17) is 9.47 Å². The van der Waals surface area contributed by atoms with Crippen molar-refractivity contribution >= 4 is 11.7 Å². The maximum Gasteiger partial charge on any atom is 0.321 e. The van der Waals surface area contributed by atoms with Crippen molar-refractivity contribution in [1.82, 2.24) is 19.9 Å². The predicted molar refractivity (Wildman–Crippen MR) is 109 cm³/mol.